The van der Waals surface area contributed by atoms with Crippen molar-refractivity contribution in [3.05, 3.63) is 0 Å². The Morgan fingerprint density at radius 1 is 0.864 bits per heavy atom. The van der Waals surface area contributed by atoms with Gasteiger partial charge in [0, 0.05) is 0 Å². The van der Waals surface area contributed by atoms with E-state index < -0.39 is 12.2 Å². The second kappa shape index (κ2) is 11.2. The van der Waals surface area contributed by atoms with Gasteiger partial charge in [-0.3, -0.25) is 0 Å². The molecule has 0 radical (unpaired) electrons. The fraction of sp³-hybridized carbons (Fsp3) is 0.875. The summed E-state index contributed by atoms with van der Waals surface area (Å²) >= 11 is 0. The predicted octanol–water partition coefficient (Wildman–Crippen LogP) is 3.35. The van der Waals surface area contributed by atoms with E-state index in [2.05, 4.69) is 10.6 Å². The zero-order valence-electron chi connectivity index (χ0n) is 13.9. The van der Waals surface area contributed by atoms with Crippen molar-refractivity contribution in [2.24, 2.45) is 0 Å². The van der Waals surface area contributed by atoms with Crippen molar-refractivity contribution >= 4 is 12.2 Å². The number of hydrogen-bond acceptors (Lipinski definition) is 4. The number of alkyl carbamates (subject to hydrolysis) is 2. The molecule has 0 saturated heterocycles. The Morgan fingerprint density at radius 2 is 1.27 bits per heavy atom. The normalized spacial score (nSPS) is 21.0. The molecule has 1 saturated carbocycles. The number of carbonyl (C=O) groups excluding carboxylic acids is 2. The Labute approximate surface area is 133 Å². The highest BCUT2D eigenvalue weighted by Gasteiger charge is 2.28. The summed E-state index contributed by atoms with van der Waals surface area (Å²) in [6.07, 6.45) is 6.71. The van der Waals surface area contributed by atoms with Crippen molar-refractivity contribution in [1.82, 2.24) is 10.6 Å². The van der Waals surface area contributed by atoms with Gasteiger partial charge in [-0.2, -0.15) is 0 Å². The van der Waals surface area contributed by atoms with Gasteiger partial charge in [0.05, 0.1) is 25.3 Å². The van der Waals surface area contributed by atoms with Gasteiger partial charge in [-0.1, -0.05) is 39.5 Å². The van der Waals surface area contributed by atoms with E-state index in [0.29, 0.717) is 13.2 Å². The summed E-state index contributed by atoms with van der Waals surface area (Å²) in [6.45, 7) is 4.97. The van der Waals surface area contributed by atoms with Gasteiger partial charge in [0.2, 0.25) is 0 Å². The molecule has 2 N–H and O–H groups in total. The molecule has 128 valence electrons. The monoisotopic (exact) mass is 314 g/mol. The molecule has 1 fully saturated rings. The third kappa shape index (κ3) is 7.52. The highest BCUT2D eigenvalue weighted by atomic mass is 16.6. The Morgan fingerprint density at radius 3 is 1.64 bits per heavy atom. The Kier molecular flexibility index (Phi) is 9.42. The second-order valence-corrected chi connectivity index (χ2v) is 5.77. The first-order valence-corrected chi connectivity index (χ1v) is 8.54. The summed E-state index contributed by atoms with van der Waals surface area (Å²) in [7, 11) is 0. The second-order valence-electron chi connectivity index (χ2n) is 5.77. The molecule has 2 atom stereocenters. The average Bonchev–Trinajstić information content (AvgIpc) is 2.50. The lowest BCUT2D eigenvalue weighted by Crippen LogP contribution is -2.53. The van der Waals surface area contributed by atoms with Gasteiger partial charge < -0.3 is 20.1 Å². The molecule has 1 aliphatic rings. The van der Waals surface area contributed by atoms with Gasteiger partial charge in [0.25, 0.3) is 0 Å². The lowest BCUT2D eigenvalue weighted by Gasteiger charge is -2.32. The molecular formula is C16H30N2O4. The first-order chi connectivity index (χ1) is 10.7. The molecule has 0 aromatic heterocycles. The van der Waals surface area contributed by atoms with E-state index >= 15 is 0 Å². The summed E-state index contributed by atoms with van der Waals surface area (Å²) in [4.78, 5) is 23.5. The maximum Gasteiger partial charge on any atom is 0.407 e. The van der Waals surface area contributed by atoms with E-state index in [0.717, 1.165) is 51.4 Å². The molecule has 22 heavy (non-hydrogen) atoms. The Balaban J connectivity index is 2.35. The van der Waals surface area contributed by atoms with Crippen LogP contribution in [0.1, 0.15) is 65.2 Å². The van der Waals surface area contributed by atoms with E-state index in [9.17, 15) is 9.59 Å². The van der Waals surface area contributed by atoms with Gasteiger partial charge in [0.15, 0.2) is 0 Å². The van der Waals surface area contributed by atoms with Gasteiger partial charge in [-0.15, -0.1) is 0 Å². The van der Waals surface area contributed by atoms with Crippen molar-refractivity contribution in [3.63, 3.8) is 0 Å². The third-order valence-electron chi connectivity index (χ3n) is 3.83. The summed E-state index contributed by atoms with van der Waals surface area (Å²) in [5, 5.41) is 5.74. The van der Waals surface area contributed by atoms with Gasteiger partial charge in [-0.05, 0) is 25.7 Å². The number of amides is 2. The topological polar surface area (TPSA) is 76.7 Å². The van der Waals surface area contributed by atoms with Crippen molar-refractivity contribution in [1.29, 1.82) is 0 Å². The molecule has 1 aliphatic carbocycles. The maximum absolute atomic E-state index is 11.8. The van der Waals surface area contributed by atoms with Gasteiger partial charge >= 0.3 is 12.2 Å². The summed E-state index contributed by atoms with van der Waals surface area (Å²) in [6, 6.07) is -0.164. The van der Waals surface area contributed by atoms with E-state index in [1.54, 1.807) is 0 Å². The van der Waals surface area contributed by atoms with Crippen molar-refractivity contribution in [3.8, 4) is 0 Å². The highest BCUT2D eigenvalue weighted by molar-refractivity contribution is 5.69. The van der Waals surface area contributed by atoms with Crippen LogP contribution in [0, 0.1) is 0 Å². The fourth-order valence-electron chi connectivity index (χ4n) is 2.48. The van der Waals surface area contributed by atoms with Crippen LogP contribution < -0.4 is 10.6 Å². The molecule has 0 bridgehead atoms. The molecule has 0 aromatic carbocycles. The molecule has 2 amide bonds. The van der Waals surface area contributed by atoms with Crippen LogP contribution in [-0.2, 0) is 9.47 Å². The fourth-order valence-corrected chi connectivity index (χ4v) is 2.48. The molecule has 6 nitrogen and oxygen atoms in total. The standard InChI is InChI=1S/C16H30N2O4/c1-3-5-11-21-15(19)17-13-9-7-8-10-14(13)18-16(20)22-12-6-4-2/h13-14H,3-12H2,1-2H3,(H,17,19)(H,18,20). The Hall–Kier alpha value is -1.46. The zero-order chi connectivity index (χ0) is 16.2. The minimum atomic E-state index is -0.397. The van der Waals surface area contributed by atoms with E-state index in [-0.39, 0.29) is 12.1 Å². The quantitative estimate of drug-likeness (QED) is 0.674. The first kappa shape index (κ1) is 18.6. The average molecular weight is 314 g/mol. The molecule has 0 aliphatic heterocycles. The van der Waals surface area contributed by atoms with Crippen molar-refractivity contribution in [2.45, 2.75) is 77.3 Å². The van der Waals surface area contributed by atoms with Crippen LogP contribution in [0.4, 0.5) is 9.59 Å². The van der Waals surface area contributed by atoms with Crippen molar-refractivity contribution < 1.29 is 19.1 Å². The first-order valence-electron chi connectivity index (χ1n) is 8.54. The molecule has 1 rings (SSSR count). The summed E-state index contributed by atoms with van der Waals surface area (Å²) in [5.74, 6) is 0. The summed E-state index contributed by atoms with van der Waals surface area (Å²) in [5.41, 5.74) is 0. The molecular weight excluding hydrogens is 284 g/mol. The van der Waals surface area contributed by atoms with Crippen LogP contribution in [0.15, 0.2) is 0 Å². The van der Waals surface area contributed by atoms with E-state index in [1.165, 1.54) is 0 Å². The van der Waals surface area contributed by atoms with Crippen LogP contribution in [0.2, 0.25) is 0 Å². The van der Waals surface area contributed by atoms with Crippen LogP contribution in [0.25, 0.3) is 0 Å². The van der Waals surface area contributed by atoms with E-state index in [4.69, 9.17) is 9.47 Å². The van der Waals surface area contributed by atoms with Gasteiger partial charge in [0.1, 0.15) is 0 Å². The number of ether oxygens (including phenoxy) is 2. The van der Waals surface area contributed by atoms with Crippen LogP contribution in [0.3, 0.4) is 0 Å². The lowest BCUT2D eigenvalue weighted by atomic mass is 9.90. The minimum Gasteiger partial charge on any atom is -0.450 e. The number of unbranched alkanes of at least 4 members (excludes halogenated alkanes) is 2. The number of carbonyl (C=O) groups is 2. The van der Waals surface area contributed by atoms with Crippen molar-refractivity contribution in [2.75, 3.05) is 13.2 Å². The molecule has 0 aromatic rings. The number of hydrogen-bond donors (Lipinski definition) is 2. The number of rotatable bonds is 8. The van der Waals surface area contributed by atoms with Crippen LogP contribution in [-0.4, -0.2) is 37.5 Å². The van der Waals surface area contributed by atoms with Crippen LogP contribution in [0.5, 0.6) is 0 Å². The highest BCUT2D eigenvalue weighted by Crippen LogP contribution is 2.19. The van der Waals surface area contributed by atoms with Gasteiger partial charge in [-0.25, -0.2) is 9.59 Å². The lowest BCUT2D eigenvalue weighted by molar-refractivity contribution is 0.123. The third-order valence-corrected chi connectivity index (χ3v) is 3.83. The molecule has 0 heterocycles. The molecule has 0 spiro atoms. The van der Waals surface area contributed by atoms with Crippen LogP contribution >= 0.6 is 0 Å². The van der Waals surface area contributed by atoms with E-state index in [1.807, 2.05) is 13.8 Å². The molecule has 6 heteroatoms. The summed E-state index contributed by atoms with van der Waals surface area (Å²) < 4.78 is 10.2. The number of nitrogens with one attached hydrogen (secondary N) is 2. The largest absolute Gasteiger partial charge is 0.450 e. The minimum absolute atomic E-state index is 0.0819. The Bertz CT molecular complexity index is 304. The predicted molar refractivity (Wildman–Crippen MR) is 84.8 cm³/mol. The molecule has 2 unspecified atom stereocenters. The zero-order valence-corrected chi connectivity index (χ0v) is 13.9. The SMILES string of the molecule is CCCCOC(=O)NC1CCCCC1NC(=O)OCCCC. The smallest absolute Gasteiger partial charge is 0.407 e. The maximum atomic E-state index is 11.8.